The van der Waals surface area contributed by atoms with Gasteiger partial charge in [0, 0.05) is 0 Å². The summed E-state index contributed by atoms with van der Waals surface area (Å²) in [7, 11) is 0. The van der Waals surface area contributed by atoms with Crippen LogP contribution in [0.15, 0.2) is 36.4 Å². The van der Waals surface area contributed by atoms with E-state index in [1.807, 2.05) is 30.3 Å². The third-order valence-electron chi connectivity index (χ3n) is 1.51. The summed E-state index contributed by atoms with van der Waals surface area (Å²) in [4.78, 5) is 0. The lowest BCUT2D eigenvalue weighted by atomic mass is 10.1. The fourth-order valence-corrected chi connectivity index (χ4v) is 1.00. The zero-order chi connectivity index (χ0) is 6.81. The van der Waals surface area contributed by atoms with Gasteiger partial charge < -0.3 is 0 Å². The maximum Gasteiger partial charge on any atom is -0.00992 e. The van der Waals surface area contributed by atoms with E-state index in [-0.39, 0.29) is 0 Å². The Kier molecular flexibility index (Phi) is 1.17. The highest BCUT2D eigenvalue weighted by Gasteiger charge is 1.86. The molecule has 0 bridgehead atoms. The lowest BCUT2D eigenvalue weighted by molar-refractivity contribution is 1.73. The maximum atomic E-state index is 3.13. The molecule has 46 valence electrons. The second-order valence-corrected chi connectivity index (χ2v) is 2.18. The van der Waals surface area contributed by atoms with Crippen LogP contribution in [0.5, 0.6) is 0 Å². The van der Waals surface area contributed by atoms with Crippen molar-refractivity contribution in [3.63, 3.8) is 0 Å². The molecular formula is C10H6. The van der Waals surface area contributed by atoms with Crippen LogP contribution in [0.25, 0.3) is 10.8 Å². The largest absolute Gasteiger partial charge is 0.0610 e. The standard InChI is InChI=1S/C10H6/c1-2-6-10-8-4-3-7-9(10)5-1/h1-3,6-8H. The first-order chi connectivity index (χ1) is 4.97. The quantitative estimate of drug-likeness (QED) is 0.508. The number of benzene rings is 2. The van der Waals surface area contributed by atoms with E-state index in [0.29, 0.717) is 0 Å². The van der Waals surface area contributed by atoms with Crippen molar-refractivity contribution < 1.29 is 0 Å². The summed E-state index contributed by atoms with van der Waals surface area (Å²) < 4.78 is 0. The average molecular weight is 126 g/mol. The van der Waals surface area contributed by atoms with Gasteiger partial charge in [0.05, 0.1) is 0 Å². The molecule has 0 heterocycles. The Bertz CT molecular complexity index is 271. The van der Waals surface area contributed by atoms with Crippen LogP contribution in [-0.4, -0.2) is 0 Å². The van der Waals surface area contributed by atoms with Gasteiger partial charge in [-0.2, -0.15) is 0 Å². The van der Waals surface area contributed by atoms with E-state index in [2.05, 4.69) is 18.2 Å². The first-order valence-electron chi connectivity index (χ1n) is 3.23. The van der Waals surface area contributed by atoms with Crippen molar-refractivity contribution >= 4 is 10.8 Å². The molecule has 0 fully saturated rings. The molecule has 2 rings (SSSR count). The summed E-state index contributed by atoms with van der Waals surface area (Å²) in [6.07, 6.45) is 0. The van der Waals surface area contributed by atoms with Gasteiger partial charge in [0.15, 0.2) is 0 Å². The number of fused-ring (bicyclic) bond motifs is 1. The minimum absolute atomic E-state index is 1.15. The normalized spacial score (nSPS) is 10.0. The highest BCUT2D eigenvalue weighted by atomic mass is 13.9. The van der Waals surface area contributed by atoms with Crippen molar-refractivity contribution in [2.75, 3.05) is 0 Å². The van der Waals surface area contributed by atoms with E-state index in [1.54, 1.807) is 0 Å². The average Bonchev–Trinajstić information content (AvgIpc) is 2.05. The molecule has 0 aromatic heterocycles. The highest BCUT2D eigenvalue weighted by molar-refractivity contribution is 5.81. The molecule has 10 heavy (non-hydrogen) atoms. The van der Waals surface area contributed by atoms with E-state index in [1.165, 1.54) is 5.39 Å². The molecule has 2 aromatic rings. The molecule has 0 saturated carbocycles. The van der Waals surface area contributed by atoms with Gasteiger partial charge in [0.2, 0.25) is 0 Å². The smallest absolute Gasteiger partial charge is 0.00992 e. The lowest BCUT2D eigenvalue weighted by Crippen LogP contribution is -1.68. The summed E-state index contributed by atoms with van der Waals surface area (Å²) in [5, 5.41) is 2.35. The molecule has 0 N–H and O–H groups in total. The monoisotopic (exact) mass is 126 g/mol. The van der Waals surface area contributed by atoms with Crippen LogP contribution in [0.2, 0.25) is 0 Å². The molecule has 0 saturated heterocycles. The molecule has 0 nitrogen and oxygen atoms in total. The second-order valence-electron chi connectivity index (χ2n) is 2.18. The third-order valence-corrected chi connectivity index (χ3v) is 1.51. The van der Waals surface area contributed by atoms with Gasteiger partial charge in [0.25, 0.3) is 0 Å². The zero-order valence-corrected chi connectivity index (χ0v) is 5.46. The molecule has 0 heteroatoms. The molecule has 0 aliphatic carbocycles. The van der Waals surface area contributed by atoms with Gasteiger partial charge in [-0.25, -0.2) is 0 Å². The van der Waals surface area contributed by atoms with Crippen LogP contribution in [0.4, 0.5) is 0 Å². The van der Waals surface area contributed by atoms with Crippen molar-refractivity contribution in [3.05, 3.63) is 48.5 Å². The predicted molar refractivity (Wildman–Crippen MR) is 41.6 cm³/mol. The Morgan fingerprint density at radius 3 is 3.00 bits per heavy atom. The molecule has 0 atom stereocenters. The topological polar surface area (TPSA) is 0 Å². The van der Waals surface area contributed by atoms with Gasteiger partial charge in [-0.1, -0.05) is 30.3 Å². The summed E-state index contributed by atoms with van der Waals surface area (Å²) in [6.45, 7) is 0. The summed E-state index contributed by atoms with van der Waals surface area (Å²) in [5.74, 6) is 0. The first-order valence-corrected chi connectivity index (χ1v) is 3.23. The van der Waals surface area contributed by atoms with Crippen LogP contribution < -0.4 is 0 Å². The van der Waals surface area contributed by atoms with Gasteiger partial charge in [-0.15, -0.1) is 0 Å². The van der Waals surface area contributed by atoms with Crippen molar-refractivity contribution in [1.29, 1.82) is 0 Å². The fraction of sp³-hybridized carbons (Fsp3) is 0. The molecule has 0 amide bonds. The van der Waals surface area contributed by atoms with E-state index in [4.69, 9.17) is 0 Å². The van der Waals surface area contributed by atoms with Crippen molar-refractivity contribution in [3.8, 4) is 0 Å². The molecule has 2 aromatic carbocycles. The third kappa shape index (κ3) is 0.781. The van der Waals surface area contributed by atoms with Crippen LogP contribution in [0, 0.1) is 12.1 Å². The predicted octanol–water partition coefficient (Wildman–Crippen LogP) is 2.44. The number of hydrogen-bond donors (Lipinski definition) is 0. The van der Waals surface area contributed by atoms with Crippen molar-refractivity contribution in [2.24, 2.45) is 0 Å². The molecular weight excluding hydrogens is 120 g/mol. The van der Waals surface area contributed by atoms with E-state index in [0.717, 1.165) is 5.39 Å². The summed E-state index contributed by atoms with van der Waals surface area (Å²) >= 11 is 0. The van der Waals surface area contributed by atoms with Crippen LogP contribution in [-0.2, 0) is 0 Å². The highest BCUT2D eigenvalue weighted by Crippen LogP contribution is 2.10. The molecule has 0 aliphatic heterocycles. The first kappa shape index (κ1) is 5.48. The van der Waals surface area contributed by atoms with Crippen LogP contribution in [0.3, 0.4) is 0 Å². The molecule has 2 radical (unpaired) electrons. The number of hydrogen-bond acceptors (Lipinski definition) is 0. The molecule has 0 aliphatic rings. The fourth-order valence-electron chi connectivity index (χ4n) is 1.00. The second kappa shape index (κ2) is 2.14. The van der Waals surface area contributed by atoms with Gasteiger partial charge in [-0.3, -0.25) is 0 Å². The minimum atomic E-state index is 1.15. The zero-order valence-electron chi connectivity index (χ0n) is 5.46. The lowest BCUT2D eigenvalue weighted by Gasteiger charge is -1.91. The van der Waals surface area contributed by atoms with Gasteiger partial charge in [-0.05, 0) is 29.0 Å². The van der Waals surface area contributed by atoms with Gasteiger partial charge in [0.1, 0.15) is 0 Å². The maximum absolute atomic E-state index is 3.13. The Balaban J connectivity index is 2.89. The Morgan fingerprint density at radius 1 is 1.10 bits per heavy atom. The summed E-state index contributed by atoms with van der Waals surface area (Å²) in [6, 6.07) is 18.0. The van der Waals surface area contributed by atoms with Gasteiger partial charge >= 0.3 is 0 Å². The van der Waals surface area contributed by atoms with E-state index >= 15 is 0 Å². The van der Waals surface area contributed by atoms with Crippen LogP contribution >= 0.6 is 0 Å². The summed E-state index contributed by atoms with van der Waals surface area (Å²) in [5.41, 5.74) is 0. The molecule has 0 spiro atoms. The SMILES string of the molecule is [c]1ccc2[c]cccc2c1. The number of rotatable bonds is 0. The molecule has 0 unspecified atom stereocenters. The van der Waals surface area contributed by atoms with Crippen LogP contribution in [0.1, 0.15) is 0 Å². The van der Waals surface area contributed by atoms with E-state index < -0.39 is 0 Å². The Hall–Kier alpha value is -1.30. The Morgan fingerprint density at radius 2 is 2.10 bits per heavy atom. The Labute approximate surface area is 60.1 Å². The van der Waals surface area contributed by atoms with Crippen molar-refractivity contribution in [1.82, 2.24) is 0 Å². The van der Waals surface area contributed by atoms with E-state index in [9.17, 15) is 0 Å². The minimum Gasteiger partial charge on any atom is -0.0610 e. The van der Waals surface area contributed by atoms with Crippen molar-refractivity contribution in [2.45, 2.75) is 0 Å².